The maximum Gasteiger partial charge on any atom is 0.233 e. The number of ether oxygens (including phenoxy) is 1. The predicted octanol–water partition coefficient (Wildman–Crippen LogP) is 3.20. The molecule has 0 aromatic carbocycles. The fourth-order valence-electron chi connectivity index (χ4n) is 1.85. The monoisotopic (exact) mass is 287 g/mol. The van der Waals surface area contributed by atoms with Gasteiger partial charge in [0, 0.05) is 17.8 Å². The zero-order chi connectivity index (χ0) is 15.6. The van der Waals surface area contributed by atoms with E-state index in [-0.39, 0.29) is 11.2 Å². The number of hydrogen-bond acceptors (Lipinski definition) is 4. The molecule has 0 aliphatic heterocycles. The molecule has 2 heterocycles. The third-order valence-electron chi connectivity index (χ3n) is 2.90. The summed E-state index contributed by atoms with van der Waals surface area (Å²) in [5, 5.41) is 4.35. The number of hydrogen-bond donors (Lipinski definition) is 0. The maximum atomic E-state index is 11.4. The molecule has 5 nitrogen and oxygen atoms in total. The SMILES string of the molecule is CC(=O)c1ccc(-n2ccc(OCC(C)(C)C)n2)nc1C. The first-order valence-electron chi connectivity index (χ1n) is 6.94. The molecule has 0 atom stereocenters. The van der Waals surface area contributed by atoms with Gasteiger partial charge in [-0.25, -0.2) is 9.67 Å². The summed E-state index contributed by atoms with van der Waals surface area (Å²) >= 11 is 0. The molecule has 0 radical (unpaired) electrons. The van der Waals surface area contributed by atoms with E-state index in [1.54, 1.807) is 23.0 Å². The second-order valence-corrected chi connectivity index (χ2v) is 6.31. The first-order valence-corrected chi connectivity index (χ1v) is 6.94. The molecule has 0 spiro atoms. The third-order valence-corrected chi connectivity index (χ3v) is 2.90. The maximum absolute atomic E-state index is 11.4. The fourth-order valence-corrected chi connectivity index (χ4v) is 1.85. The minimum Gasteiger partial charge on any atom is -0.476 e. The number of ketones is 1. The lowest BCUT2D eigenvalue weighted by Crippen LogP contribution is -2.17. The molecule has 0 unspecified atom stereocenters. The summed E-state index contributed by atoms with van der Waals surface area (Å²) in [5.74, 6) is 1.25. The van der Waals surface area contributed by atoms with E-state index in [1.807, 2.05) is 13.0 Å². The first kappa shape index (κ1) is 15.2. The van der Waals surface area contributed by atoms with Crippen LogP contribution in [0.1, 0.15) is 43.7 Å². The van der Waals surface area contributed by atoms with E-state index in [4.69, 9.17) is 4.74 Å². The zero-order valence-electron chi connectivity index (χ0n) is 13.2. The summed E-state index contributed by atoms with van der Waals surface area (Å²) in [5.41, 5.74) is 1.42. The molecule has 0 saturated carbocycles. The Hall–Kier alpha value is -2.17. The first-order chi connectivity index (χ1) is 9.76. The van der Waals surface area contributed by atoms with Gasteiger partial charge in [-0.2, -0.15) is 0 Å². The minimum atomic E-state index is 0.0150. The van der Waals surface area contributed by atoms with Crippen LogP contribution in [0.5, 0.6) is 5.88 Å². The van der Waals surface area contributed by atoms with Crippen molar-refractivity contribution < 1.29 is 9.53 Å². The number of aryl methyl sites for hydroxylation is 1. The molecule has 0 aliphatic carbocycles. The van der Waals surface area contributed by atoms with E-state index in [0.29, 0.717) is 29.6 Å². The molecule has 0 aliphatic rings. The van der Waals surface area contributed by atoms with Crippen LogP contribution in [-0.2, 0) is 0 Å². The smallest absolute Gasteiger partial charge is 0.233 e. The average molecular weight is 287 g/mol. The van der Waals surface area contributed by atoms with E-state index in [0.717, 1.165) is 0 Å². The lowest BCUT2D eigenvalue weighted by molar-refractivity contribution is 0.101. The Balaban J connectivity index is 2.18. The van der Waals surface area contributed by atoms with Gasteiger partial charge in [-0.1, -0.05) is 20.8 Å². The molecule has 0 N–H and O–H groups in total. The Kier molecular flexibility index (Phi) is 4.11. The second kappa shape index (κ2) is 5.68. The van der Waals surface area contributed by atoms with Crippen LogP contribution in [0, 0.1) is 12.3 Å². The normalized spacial score (nSPS) is 11.5. The van der Waals surface area contributed by atoms with Crippen LogP contribution < -0.4 is 4.74 Å². The Morgan fingerprint density at radius 2 is 2.00 bits per heavy atom. The largest absolute Gasteiger partial charge is 0.476 e. The summed E-state index contributed by atoms with van der Waals surface area (Å²) in [6.45, 7) is 10.3. The third kappa shape index (κ3) is 3.90. The molecule has 0 amide bonds. The second-order valence-electron chi connectivity index (χ2n) is 6.31. The van der Waals surface area contributed by atoms with Crippen molar-refractivity contribution in [2.24, 2.45) is 5.41 Å². The van der Waals surface area contributed by atoms with Crippen molar-refractivity contribution in [3.63, 3.8) is 0 Å². The molecule has 0 saturated heterocycles. The van der Waals surface area contributed by atoms with Gasteiger partial charge in [0.1, 0.15) is 0 Å². The summed E-state index contributed by atoms with van der Waals surface area (Å²) in [6, 6.07) is 5.36. The van der Waals surface area contributed by atoms with Gasteiger partial charge in [-0.05, 0) is 31.4 Å². The van der Waals surface area contributed by atoms with Crippen LogP contribution in [0.2, 0.25) is 0 Å². The van der Waals surface area contributed by atoms with Gasteiger partial charge in [0.25, 0.3) is 0 Å². The summed E-state index contributed by atoms with van der Waals surface area (Å²) in [7, 11) is 0. The molecule has 2 aromatic heterocycles. The average Bonchev–Trinajstić information content (AvgIpc) is 2.83. The van der Waals surface area contributed by atoms with Crippen LogP contribution in [0.4, 0.5) is 0 Å². The molecule has 21 heavy (non-hydrogen) atoms. The number of Topliss-reactive ketones (excluding diaryl/α,β-unsaturated/α-hetero) is 1. The van der Waals surface area contributed by atoms with Gasteiger partial charge < -0.3 is 4.74 Å². The highest BCUT2D eigenvalue weighted by Crippen LogP contribution is 2.17. The molecular weight excluding hydrogens is 266 g/mol. The Morgan fingerprint density at radius 3 is 2.57 bits per heavy atom. The van der Waals surface area contributed by atoms with Crippen molar-refractivity contribution in [1.82, 2.24) is 14.8 Å². The Labute approximate surface area is 125 Å². The van der Waals surface area contributed by atoms with Crippen molar-refractivity contribution >= 4 is 5.78 Å². The minimum absolute atomic E-state index is 0.0150. The standard InChI is InChI=1S/C16H21N3O2/c1-11-13(12(2)20)6-7-14(17-11)19-9-8-15(18-19)21-10-16(3,4)5/h6-9H,10H2,1-5H3. The fraction of sp³-hybridized carbons (Fsp3) is 0.438. The summed E-state index contributed by atoms with van der Waals surface area (Å²) in [6.07, 6.45) is 1.80. The quantitative estimate of drug-likeness (QED) is 0.810. The molecule has 0 fully saturated rings. The van der Waals surface area contributed by atoms with E-state index < -0.39 is 0 Å². The lowest BCUT2D eigenvalue weighted by atomic mass is 9.99. The highest BCUT2D eigenvalue weighted by atomic mass is 16.5. The summed E-state index contributed by atoms with van der Waals surface area (Å²) < 4.78 is 7.30. The van der Waals surface area contributed by atoms with Gasteiger partial charge >= 0.3 is 0 Å². The highest BCUT2D eigenvalue weighted by molar-refractivity contribution is 5.95. The summed E-state index contributed by atoms with van der Waals surface area (Å²) in [4.78, 5) is 15.8. The number of carbonyl (C=O) groups excluding carboxylic acids is 1. The lowest BCUT2D eigenvalue weighted by Gasteiger charge is -2.17. The van der Waals surface area contributed by atoms with Gasteiger partial charge in [0.15, 0.2) is 11.6 Å². The van der Waals surface area contributed by atoms with Gasteiger partial charge in [0.05, 0.1) is 12.3 Å². The molecule has 5 heteroatoms. The van der Waals surface area contributed by atoms with Crippen molar-refractivity contribution in [2.75, 3.05) is 6.61 Å². The van der Waals surface area contributed by atoms with Crippen LogP contribution in [0.25, 0.3) is 5.82 Å². The zero-order valence-corrected chi connectivity index (χ0v) is 13.2. The van der Waals surface area contributed by atoms with Crippen LogP contribution in [0.3, 0.4) is 0 Å². The number of pyridine rings is 1. The molecule has 2 aromatic rings. The van der Waals surface area contributed by atoms with Crippen molar-refractivity contribution in [3.05, 3.63) is 35.7 Å². The Bertz CT molecular complexity index is 654. The van der Waals surface area contributed by atoms with Crippen molar-refractivity contribution in [2.45, 2.75) is 34.6 Å². The van der Waals surface area contributed by atoms with Gasteiger partial charge in [-0.15, -0.1) is 5.10 Å². The number of nitrogens with zero attached hydrogens (tertiary/aromatic N) is 3. The van der Waals surface area contributed by atoms with Gasteiger partial charge in [0.2, 0.25) is 5.88 Å². The van der Waals surface area contributed by atoms with E-state index >= 15 is 0 Å². The van der Waals surface area contributed by atoms with Crippen LogP contribution >= 0.6 is 0 Å². The number of rotatable bonds is 4. The molecular formula is C16H21N3O2. The van der Waals surface area contributed by atoms with Crippen LogP contribution in [-0.4, -0.2) is 27.2 Å². The Morgan fingerprint density at radius 1 is 1.29 bits per heavy atom. The predicted molar refractivity (Wildman–Crippen MR) is 81.1 cm³/mol. The number of carbonyl (C=O) groups is 1. The van der Waals surface area contributed by atoms with Crippen molar-refractivity contribution in [1.29, 1.82) is 0 Å². The molecule has 2 rings (SSSR count). The van der Waals surface area contributed by atoms with Gasteiger partial charge in [-0.3, -0.25) is 4.79 Å². The van der Waals surface area contributed by atoms with Crippen LogP contribution in [0.15, 0.2) is 24.4 Å². The molecule has 0 bridgehead atoms. The topological polar surface area (TPSA) is 57.0 Å². The molecule has 112 valence electrons. The highest BCUT2D eigenvalue weighted by Gasteiger charge is 2.13. The van der Waals surface area contributed by atoms with E-state index in [2.05, 4.69) is 30.9 Å². The van der Waals surface area contributed by atoms with E-state index in [9.17, 15) is 4.79 Å². The van der Waals surface area contributed by atoms with Crippen molar-refractivity contribution in [3.8, 4) is 11.7 Å². The van der Waals surface area contributed by atoms with E-state index in [1.165, 1.54) is 6.92 Å². The number of aromatic nitrogens is 3.